The van der Waals surface area contributed by atoms with Crippen LogP contribution in [0.1, 0.15) is 31.9 Å². The maximum atomic E-state index is 13.6. The number of ether oxygens (including phenoxy) is 1. The summed E-state index contributed by atoms with van der Waals surface area (Å²) in [6.07, 6.45) is 0.474. The van der Waals surface area contributed by atoms with Crippen molar-refractivity contribution in [2.75, 3.05) is 5.32 Å². The molecule has 3 nitrogen and oxygen atoms in total. The summed E-state index contributed by atoms with van der Waals surface area (Å²) in [7, 11) is 0. The zero-order valence-corrected chi connectivity index (χ0v) is 16.7. The quantitative estimate of drug-likeness (QED) is 0.573. The van der Waals surface area contributed by atoms with Crippen LogP contribution < -0.4 is 5.32 Å². The fourth-order valence-electron chi connectivity index (χ4n) is 3.22. The fraction of sp³-hybridized carbons (Fsp3) is 0.240. The Morgan fingerprint density at radius 2 is 1.29 bits per heavy atom. The van der Waals surface area contributed by atoms with E-state index >= 15 is 0 Å². The van der Waals surface area contributed by atoms with E-state index in [-0.39, 0.29) is 5.97 Å². The first-order valence-electron chi connectivity index (χ1n) is 9.55. The van der Waals surface area contributed by atoms with Crippen LogP contribution in [-0.2, 0) is 21.5 Å². The molecule has 0 aromatic heterocycles. The Bertz CT molecular complexity index is 843. The predicted octanol–water partition coefficient (Wildman–Crippen LogP) is 5.58. The van der Waals surface area contributed by atoms with Gasteiger partial charge in [-0.25, -0.2) is 4.79 Å². The summed E-state index contributed by atoms with van der Waals surface area (Å²) in [5.41, 5.74) is 1.16. The van der Waals surface area contributed by atoms with Gasteiger partial charge >= 0.3 is 5.97 Å². The van der Waals surface area contributed by atoms with Crippen LogP contribution in [0.2, 0.25) is 0 Å². The lowest BCUT2D eigenvalue weighted by molar-refractivity contribution is -0.161. The van der Waals surface area contributed by atoms with Crippen molar-refractivity contribution in [1.82, 2.24) is 0 Å². The van der Waals surface area contributed by atoms with Crippen molar-refractivity contribution in [3.05, 3.63) is 102 Å². The van der Waals surface area contributed by atoms with Crippen molar-refractivity contribution in [1.29, 1.82) is 0 Å². The highest BCUT2D eigenvalue weighted by Crippen LogP contribution is 2.33. The second-order valence-electron chi connectivity index (χ2n) is 7.93. The molecule has 0 aliphatic carbocycles. The van der Waals surface area contributed by atoms with Crippen LogP contribution in [0.15, 0.2) is 91.0 Å². The minimum absolute atomic E-state index is 0.293. The molecule has 3 aromatic rings. The van der Waals surface area contributed by atoms with Gasteiger partial charge in [0, 0.05) is 12.1 Å². The Morgan fingerprint density at radius 3 is 1.82 bits per heavy atom. The lowest BCUT2D eigenvalue weighted by Gasteiger charge is -2.36. The van der Waals surface area contributed by atoms with E-state index in [0.717, 1.165) is 16.8 Å². The van der Waals surface area contributed by atoms with Gasteiger partial charge in [-0.1, -0.05) is 78.9 Å². The van der Waals surface area contributed by atoms with E-state index in [9.17, 15) is 4.79 Å². The van der Waals surface area contributed by atoms with E-state index in [1.165, 1.54) is 0 Å². The topological polar surface area (TPSA) is 38.3 Å². The van der Waals surface area contributed by atoms with E-state index < -0.39 is 11.1 Å². The molecule has 0 saturated carbocycles. The van der Waals surface area contributed by atoms with Crippen LogP contribution in [0, 0.1) is 0 Å². The average Bonchev–Trinajstić information content (AvgIpc) is 2.68. The Kier molecular flexibility index (Phi) is 5.84. The minimum Gasteiger partial charge on any atom is -0.458 e. The SMILES string of the molecule is CC(C)(C)OC(=O)C(Cc1ccccc1)(Nc1ccccc1)c1ccccc1. The number of rotatable bonds is 6. The Balaban J connectivity index is 2.13. The molecule has 0 heterocycles. The van der Waals surface area contributed by atoms with Crippen molar-refractivity contribution in [2.24, 2.45) is 0 Å². The largest absolute Gasteiger partial charge is 0.458 e. The summed E-state index contributed by atoms with van der Waals surface area (Å²) < 4.78 is 5.90. The van der Waals surface area contributed by atoms with Gasteiger partial charge in [-0.2, -0.15) is 0 Å². The second kappa shape index (κ2) is 8.30. The molecule has 0 aliphatic heterocycles. The van der Waals surface area contributed by atoms with Crippen LogP contribution in [0.3, 0.4) is 0 Å². The lowest BCUT2D eigenvalue weighted by atomic mass is 9.83. The Hall–Kier alpha value is -3.07. The van der Waals surface area contributed by atoms with Crippen LogP contribution in [-0.4, -0.2) is 11.6 Å². The predicted molar refractivity (Wildman–Crippen MR) is 114 cm³/mol. The van der Waals surface area contributed by atoms with Gasteiger partial charge in [-0.15, -0.1) is 0 Å². The first-order chi connectivity index (χ1) is 13.4. The third-order valence-electron chi connectivity index (χ3n) is 4.46. The second-order valence-corrected chi connectivity index (χ2v) is 7.93. The number of anilines is 1. The number of benzene rings is 3. The van der Waals surface area contributed by atoms with Crippen molar-refractivity contribution in [3.63, 3.8) is 0 Å². The normalized spacial score (nSPS) is 13.4. The summed E-state index contributed by atoms with van der Waals surface area (Å²) in [5.74, 6) is -0.293. The number of para-hydroxylation sites is 1. The number of carbonyl (C=O) groups is 1. The molecule has 0 aliphatic rings. The zero-order valence-electron chi connectivity index (χ0n) is 16.7. The van der Waals surface area contributed by atoms with E-state index in [4.69, 9.17) is 4.74 Å². The molecule has 0 fully saturated rings. The van der Waals surface area contributed by atoms with Crippen LogP contribution in [0.5, 0.6) is 0 Å². The molecule has 0 radical (unpaired) electrons. The van der Waals surface area contributed by atoms with E-state index in [2.05, 4.69) is 5.32 Å². The van der Waals surface area contributed by atoms with Gasteiger partial charge in [0.25, 0.3) is 0 Å². The van der Waals surface area contributed by atoms with E-state index in [1.54, 1.807) is 0 Å². The molecule has 1 N–H and O–H groups in total. The van der Waals surface area contributed by atoms with Gasteiger partial charge < -0.3 is 10.1 Å². The van der Waals surface area contributed by atoms with Crippen molar-refractivity contribution >= 4 is 11.7 Å². The van der Waals surface area contributed by atoms with E-state index in [0.29, 0.717) is 6.42 Å². The molecule has 0 saturated heterocycles. The Labute approximate surface area is 167 Å². The van der Waals surface area contributed by atoms with Crippen molar-refractivity contribution in [2.45, 2.75) is 38.3 Å². The van der Waals surface area contributed by atoms with Gasteiger partial charge in [-0.3, -0.25) is 0 Å². The summed E-state index contributed by atoms with van der Waals surface area (Å²) >= 11 is 0. The first kappa shape index (κ1) is 19.7. The molecule has 1 unspecified atom stereocenters. The first-order valence-corrected chi connectivity index (χ1v) is 9.55. The number of hydrogen-bond acceptors (Lipinski definition) is 3. The third-order valence-corrected chi connectivity index (χ3v) is 4.46. The maximum absolute atomic E-state index is 13.6. The Morgan fingerprint density at radius 1 is 0.786 bits per heavy atom. The molecule has 0 bridgehead atoms. The lowest BCUT2D eigenvalue weighted by Crippen LogP contribution is -2.49. The van der Waals surface area contributed by atoms with Gasteiger partial charge in [0.1, 0.15) is 5.60 Å². The summed E-state index contributed by atoms with van der Waals surface area (Å²) in [5, 5.41) is 3.51. The van der Waals surface area contributed by atoms with Crippen LogP contribution in [0.25, 0.3) is 0 Å². The molecule has 144 valence electrons. The minimum atomic E-state index is -1.04. The van der Waals surface area contributed by atoms with Gasteiger partial charge in [0.05, 0.1) is 0 Å². The number of nitrogens with one attached hydrogen (secondary N) is 1. The number of hydrogen-bond donors (Lipinski definition) is 1. The van der Waals surface area contributed by atoms with E-state index in [1.807, 2.05) is 112 Å². The fourth-order valence-corrected chi connectivity index (χ4v) is 3.22. The monoisotopic (exact) mass is 373 g/mol. The van der Waals surface area contributed by atoms with Crippen molar-refractivity contribution in [3.8, 4) is 0 Å². The molecular formula is C25H27NO2. The molecule has 28 heavy (non-hydrogen) atoms. The molecule has 0 spiro atoms. The molecule has 0 amide bonds. The highest BCUT2D eigenvalue weighted by molar-refractivity contribution is 5.87. The summed E-state index contributed by atoms with van der Waals surface area (Å²) in [4.78, 5) is 13.6. The molecular weight excluding hydrogens is 346 g/mol. The number of carbonyl (C=O) groups excluding carboxylic acids is 1. The molecule has 3 heteroatoms. The molecule has 1 atom stereocenters. The smallest absolute Gasteiger partial charge is 0.337 e. The van der Waals surface area contributed by atoms with Crippen LogP contribution in [0.4, 0.5) is 5.69 Å². The molecule has 3 aromatic carbocycles. The number of esters is 1. The average molecular weight is 373 g/mol. The maximum Gasteiger partial charge on any atom is 0.337 e. The highest BCUT2D eigenvalue weighted by Gasteiger charge is 2.43. The molecule has 3 rings (SSSR count). The highest BCUT2D eigenvalue weighted by atomic mass is 16.6. The standard InChI is InChI=1S/C25H27NO2/c1-24(2,3)28-23(27)25(21-15-9-5-10-16-21,19-20-13-7-4-8-14-20)26-22-17-11-6-12-18-22/h4-18,26H,19H2,1-3H3. The van der Waals surface area contributed by atoms with Gasteiger partial charge in [0.2, 0.25) is 0 Å². The third kappa shape index (κ3) is 4.80. The summed E-state index contributed by atoms with van der Waals surface area (Å²) in [6, 6.07) is 29.6. The van der Waals surface area contributed by atoms with Crippen molar-refractivity contribution < 1.29 is 9.53 Å². The van der Waals surface area contributed by atoms with Gasteiger partial charge in [-0.05, 0) is 44.0 Å². The zero-order chi connectivity index (χ0) is 20.0. The summed E-state index contributed by atoms with van der Waals surface area (Å²) in [6.45, 7) is 5.68. The van der Waals surface area contributed by atoms with Crippen LogP contribution >= 0.6 is 0 Å². The van der Waals surface area contributed by atoms with Gasteiger partial charge in [0.15, 0.2) is 5.54 Å².